The molecule has 0 aromatic heterocycles. The molecule has 1 atom stereocenters. The number of rotatable bonds is 5. The minimum atomic E-state index is -0.260. The van der Waals surface area contributed by atoms with Gasteiger partial charge < -0.3 is 15.4 Å². The Morgan fingerprint density at radius 1 is 1.45 bits per heavy atom. The Balaban J connectivity index is 0.00000200. The van der Waals surface area contributed by atoms with Crippen LogP contribution in [0.4, 0.5) is 0 Å². The molecule has 5 heteroatoms. The Bertz CT molecular complexity index is 445. The van der Waals surface area contributed by atoms with Gasteiger partial charge in [0, 0.05) is 20.2 Å². The predicted octanol–water partition coefficient (Wildman–Crippen LogP) is 1.87. The Labute approximate surface area is 126 Å². The molecule has 0 saturated carbocycles. The summed E-state index contributed by atoms with van der Waals surface area (Å²) >= 11 is 0. The van der Waals surface area contributed by atoms with Crippen molar-refractivity contribution in [1.29, 1.82) is 0 Å². The van der Waals surface area contributed by atoms with Crippen molar-refractivity contribution in [3.63, 3.8) is 0 Å². The lowest BCUT2D eigenvalue weighted by Crippen LogP contribution is -2.40. The Morgan fingerprint density at radius 3 is 2.85 bits per heavy atom. The Morgan fingerprint density at radius 2 is 2.20 bits per heavy atom. The molecule has 4 nitrogen and oxygen atoms in total. The molecule has 0 bridgehead atoms. The summed E-state index contributed by atoms with van der Waals surface area (Å²) in [5, 5.41) is 6.27. The van der Waals surface area contributed by atoms with Gasteiger partial charge in [-0.25, -0.2) is 0 Å². The van der Waals surface area contributed by atoms with E-state index in [1.807, 2.05) is 25.1 Å². The number of benzene rings is 1. The molecule has 1 aromatic carbocycles. The highest BCUT2D eigenvalue weighted by Gasteiger charge is 2.35. The number of halogens is 1. The molecule has 2 N–H and O–H groups in total. The maximum absolute atomic E-state index is 12.2. The molecule has 1 heterocycles. The molecule has 0 aliphatic carbocycles. The largest absolute Gasteiger partial charge is 0.380 e. The molecule has 1 saturated heterocycles. The van der Waals surface area contributed by atoms with Crippen molar-refractivity contribution in [2.45, 2.75) is 26.5 Å². The lowest BCUT2D eigenvalue weighted by atomic mass is 9.89. The average molecular weight is 299 g/mol. The van der Waals surface area contributed by atoms with Crippen LogP contribution >= 0.6 is 12.4 Å². The summed E-state index contributed by atoms with van der Waals surface area (Å²) in [7, 11) is 1.68. The maximum atomic E-state index is 12.2. The third-order valence-electron chi connectivity index (χ3n) is 3.67. The zero-order valence-electron chi connectivity index (χ0n) is 12.1. The number of carbonyl (C=O) groups is 1. The van der Waals surface area contributed by atoms with E-state index in [1.165, 1.54) is 0 Å². The fourth-order valence-electron chi connectivity index (χ4n) is 2.40. The fraction of sp³-hybridized carbons (Fsp3) is 0.533. The fourth-order valence-corrected chi connectivity index (χ4v) is 2.40. The second-order valence-corrected chi connectivity index (χ2v) is 5.42. The van der Waals surface area contributed by atoms with Crippen molar-refractivity contribution in [2.75, 3.05) is 20.2 Å². The van der Waals surface area contributed by atoms with E-state index in [-0.39, 0.29) is 23.7 Å². The normalized spacial score (nSPS) is 21.3. The third kappa shape index (κ3) is 4.20. The van der Waals surface area contributed by atoms with E-state index >= 15 is 0 Å². The van der Waals surface area contributed by atoms with Crippen LogP contribution in [0, 0.1) is 5.41 Å². The minimum Gasteiger partial charge on any atom is -0.380 e. The van der Waals surface area contributed by atoms with Crippen LogP contribution in [0.2, 0.25) is 0 Å². The molecule has 0 radical (unpaired) electrons. The van der Waals surface area contributed by atoms with Crippen LogP contribution in [0.15, 0.2) is 24.3 Å². The molecule has 112 valence electrons. The van der Waals surface area contributed by atoms with Gasteiger partial charge >= 0.3 is 0 Å². The summed E-state index contributed by atoms with van der Waals surface area (Å²) in [6.07, 6.45) is 0.905. The van der Waals surface area contributed by atoms with Crippen molar-refractivity contribution >= 4 is 18.3 Å². The summed E-state index contributed by atoms with van der Waals surface area (Å²) in [5.74, 6) is 0.134. The van der Waals surface area contributed by atoms with E-state index in [0.29, 0.717) is 13.2 Å². The molecule has 1 aliphatic rings. The monoisotopic (exact) mass is 298 g/mol. The SMILES string of the molecule is COCc1cccc(CNC(=O)C2(C)CCNC2)c1.Cl. The van der Waals surface area contributed by atoms with Crippen LogP contribution in [0.3, 0.4) is 0 Å². The topological polar surface area (TPSA) is 50.4 Å². The molecule has 1 aliphatic heterocycles. The average Bonchev–Trinajstić information content (AvgIpc) is 2.85. The number of hydrogen-bond acceptors (Lipinski definition) is 3. The number of ether oxygens (including phenoxy) is 1. The van der Waals surface area contributed by atoms with E-state index in [0.717, 1.165) is 30.6 Å². The van der Waals surface area contributed by atoms with Gasteiger partial charge in [-0.3, -0.25) is 4.79 Å². The zero-order chi connectivity index (χ0) is 13.7. The quantitative estimate of drug-likeness (QED) is 0.872. The van der Waals surface area contributed by atoms with Gasteiger partial charge in [-0.15, -0.1) is 12.4 Å². The molecule has 1 aromatic rings. The van der Waals surface area contributed by atoms with Gasteiger partial charge in [-0.2, -0.15) is 0 Å². The molecule has 2 rings (SSSR count). The number of methoxy groups -OCH3 is 1. The smallest absolute Gasteiger partial charge is 0.227 e. The van der Waals surface area contributed by atoms with E-state index in [2.05, 4.69) is 16.7 Å². The van der Waals surface area contributed by atoms with Crippen molar-refractivity contribution in [1.82, 2.24) is 10.6 Å². The zero-order valence-corrected chi connectivity index (χ0v) is 12.9. The van der Waals surface area contributed by atoms with Crippen molar-refractivity contribution in [2.24, 2.45) is 5.41 Å². The lowest BCUT2D eigenvalue weighted by molar-refractivity contribution is -0.129. The van der Waals surface area contributed by atoms with E-state index in [1.54, 1.807) is 7.11 Å². The third-order valence-corrected chi connectivity index (χ3v) is 3.67. The molecular formula is C15H23ClN2O2. The number of amides is 1. The molecule has 1 fully saturated rings. The van der Waals surface area contributed by atoms with E-state index < -0.39 is 0 Å². The number of hydrogen-bond donors (Lipinski definition) is 2. The standard InChI is InChI=1S/C15H22N2O2.ClH/c1-15(6-7-16-11-15)14(18)17-9-12-4-3-5-13(8-12)10-19-2;/h3-5,8,16H,6-7,9-11H2,1-2H3,(H,17,18);1H. The van der Waals surface area contributed by atoms with Gasteiger partial charge in [0.2, 0.25) is 5.91 Å². The van der Waals surface area contributed by atoms with Gasteiger partial charge in [0.15, 0.2) is 0 Å². The van der Waals surface area contributed by atoms with Crippen LogP contribution < -0.4 is 10.6 Å². The van der Waals surface area contributed by atoms with Crippen LogP contribution in [-0.2, 0) is 22.7 Å². The molecular weight excluding hydrogens is 276 g/mol. The first kappa shape index (κ1) is 17.0. The molecule has 1 unspecified atom stereocenters. The van der Waals surface area contributed by atoms with Crippen LogP contribution in [0.1, 0.15) is 24.5 Å². The van der Waals surface area contributed by atoms with E-state index in [4.69, 9.17) is 4.74 Å². The highest BCUT2D eigenvalue weighted by atomic mass is 35.5. The second kappa shape index (κ2) is 7.62. The first-order chi connectivity index (χ1) is 9.14. The van der Waals surface area contributed by atoms with E-state index in [9.17, 15) is 4.79 Å². The number of carbonyl (C=O) groups excluding carboxylic acids is 1. The molecule has 1 amide bonds. The maximum Gasteiger partial charge on any atom is 0.227 e. The summed E-state index contributed by atoms with van der Waals surface area (Å²) < 4.78 is 5.11. The second-order valence-electron chi connectivity index (χ2n) is 5.42. The first-order valence-corrected chi connectivity index (χ1v) is 6.70. The Hall–Kier alpha value is -1.10. The van der Waals surface area contributed by atoms with Gasteiger partial charge in [-0.05, 0) is 31.0 Å². The van der Waals surface area contributed by atoms with Crippen LogP contribution in [0.25, 0.3) is 0 Å². The summed E-state index contributed by atoms with van der Waals surface area (Å²) in [6.45, 7) is 4.88. The first-order valence-electron chi connectivity index (χ1n) is 6.70. The minimum absolute atomic E-state index is 0. The van der Waals surface area contributed by atoms with Gasteiger partial charge in [0.25, 0.3) is 0 Å². The molecule has 0 spiro atoms. The highest BCUT2D eigenvalue weighted by molar-refractivity contribution is 5.85. The Kier molecular flexibility index (Phi) is 6.46. The van der Waals surface area contributed by atoms with Crippen LogP contribution in [0.5, 0.6) is 0 Å². The van der Waals surface area contributed by atoms with Crippen molar-refractivity contribution in [3.8, 4) is 0 Å². The predicted molar refractivity (Wildman–Crippen MR) is 81.8 cm³/mol. The van der Waals surface area contributed by atoms with Gasteiger partial charge in [0.05, 0.1) is 12.0 Å². The molecule has 20 heavy (non-hydrogen) atoms. The number of nitrogens with one attached hydrogen (secondary N) is 2. The highest BCUT2D eigenvalue weighted by Crippen LogP contribution is 2.24. The summed E-state index contributed by atoms with van der Waals surface area (Å²) in [5.41, 5.74) is 1.98. The summed E-state index contributed by atoms with van der Waals surface area (Å²) in [4.78, 5) is 12.2. The van der Waals surface area contributed by atoms with Gasteiger partial charge in [0.1, 0.15) is 0 Å². The van der Waals surface area contributed by atoms with Crippen LogP contribution in [-0.4, -0.2) is 26.1 Å². The van der Waals surface area contributed by atoms with Crippen molar-refractivity contribution in [3.05, 3.63) is 35.4 Å². The van der Waals surface area contributed by atoms with Gasteiger partial charge in [-0.1, -0.05) is 24.3 Å². The summed E-state index contributed by atoms with van der Waals surface area (Å²) in [6, 6.07) is 8.11. The van der Waals surface area contributed by atoms with Crippen molar-refractivity contribution < 1.29 is 9.53 Å². The lowest BCUT2D eigenvalue weighted by Gasteiger charge is -2.21.